The van der Waals surface area contributed by atoms with Crippen LogP contribution in [0.5, 0.6) is 0 Å². The molecule has 4 nitrogen and oxygen atoms in total. The predicted molar refractivity (Wildman–Crippen MR) is 81.1 cm³/mol. The van der Waals surface area contributed by atoms with Crippen molar-refractivity contribution in [1.82, 2.24) is 4.90 Å². The quantitative estimate of drug-likeness (QED) is 0.773. The highest BCUT2D eigenvalue weighted by Crippen LogP contribution is 2.36. The minimum absolute atomic E-state index is 0.00996. The van der Waals surface area contributed by atoms with E-state index in [0.29, 0.717) is 12.8 Å². The van der Waals surface area contributed by atoms with Crippen LogP contribution in [0.3, 0.4) is 0 Å². The van der Waals surface area contributed by atoms with Crippen molar-refractivity contribution in [3.05, 3.63) is 0 Å². The lowest BCUT2D eigenvalue weighted by molar-refractivity contribution is -0.142. The summed E-state index contributed by atoms with van der Waals surface area (Å²) in [5.41, 5.74) is 5.89. The van der Waals surface area contributed by atoms with E-state index in [-0.39, 0.29) is 51.3 Å². The van der Waals surface area contributed by atoms with Crippen molar-refractivity contribution in [2.24, 2.45) is 11.7 Å². The fourth-order valence-electron chi connectivity index (χ4n) is 3.12. The van der Waals surface area contributed by atoms with E-state index in [2.05, 4.69) is 0 Å². The van der Waals surface area contributed by atoms with Gasteiger partial charge in [0.1, 0.15) is 6.04 Å². The highest BCUT2D eigenvalue weighted by atomic mass is 19.3. The zero-order chi connectivity index (χ0) is 18.0. The van der Waals surface area contributed by atoms with Gasteiger partial charge in [0.25, 0.3) is 5.92 Å². The fraction of sp³-hybridized carbons (Fsp3) is 0.938. The molecule has 24 heavy (non-hydrogen) atoms. The Morgan fingerprint density at radius 1 is 1.12 bits per heavy atom. The summed E-state index contributed by atoms with van der Waals surface area (Å²) in [6.07, 6.45) is -0.769. The SMILES string of the molecule is C[C@@H](OCC1CCC(F)(F)CC1)[C@H](N)C(=O)N1CCC(F)(F)CC1. The topological polar surface area (TPSA) is 55.6 Å². The summed E-state index contributed by atoms with van der Waals surface area (Å²) in [7, 11) is 0. The number of hydrogen-bond donors (Lipinski definition) is 1. The number of likely N-dealkylation sites (tertiary alicyclic amines) is 1. The average molecular weight is 354 g/mol. The second kappa shape index (κ2) is 7.56. The molecule has 0 radical (unpaired) electrons. The molecule has 0 unspecified atom stereocenters. The van der Waals surface area contributed by atoms with Crippen molar-refractivity contribution >= 4 is 5.91 Å². The van der Waals surface area contributed by atoms with Crippen LogP contribution in [0.4, 0.5) is 17.6 Å². The summed E-state index contributed by atoms with van der Waals surface area (Å²) < 4.78 is 58.1. The molecule has 0 aromatic rings. The molecule has 0 bridgehead atoms. The van der Waals surface area contributed by atoms with E-state index in [9.17, 15) is 22.4 Å². The third-order valence-corrected chi connectivity index (χ3v) is 5.03. The van der Waals surface area contributed by atoms with E-state index in [1.807, 2.05) is 0 Å². The Bertz CT molecular complexity index is 428. The van der Waals surface area contributed by atoms with Gasteiger partial charge in [-0.3, -0.25) is 4.79 Å². The smallest absolute Gasteiger partial charge is 0.251 e. The summed E-state index contributed by atoms with van der Waals surface area (Å²) in [6, 6.07) is -0.929. The summed E-state index contributed by atoms with van der Waals surface area (Å²) in [5.74, 6) is -5.65. The Hall–Kier alpha value is -0.890. The molecule has 0 aromatic heterocycles. The fourth-order valence-corrected chi connectivity index (χ4v) is 3.12. The molecule has 1 amide bonds. The van der Waals surface area contributed by atoms with Gasteiger partial charge in [0, 0.05) is 45.4 Å². The van der Waals surface area contributed by atoms with E-state index in [1.165, 1.54) is 4.90 Å². The van der Waals surface area contributed by atoms with Crippen molar-refractivity contribution in [3.8, 4) is 0 Å². The number of alkyl halides is 4. The van der Waals surface area contributed by atoms with Crippen molar-refractivity contribution < 1.29 is 27.1 Å². The minimum atomic E-state index is -2.72. The maximum Gasteiger partial charge on any atom is 0.251 e. The van der Waals surface area contributed by atoms with Gasteiger partial charge in [-0.05, 0) is 25.7 Å². The van der Waals surface area contributed by atoms with Crippen LogP contribution < -0.4 is 5.73 Å². The average Bonchev–Trinajstić information content (AvgIpc) is 2.52. The van der Waals surface area contributed by atoms with Crippen LogP contribution in [-0.2, 0) is 9.53 Å². The molecule has 1 heterocycles. The number of rotatable bonds is 5. The normalized spacial score (nSPS) is 26.8. The lowest BCUT2D eigenvalue weighted by Gasteiger charge is -2.35. The molecule has 1 saturated carbocycles. The first-order chi connectivity index (χ1) is 11.1. The second-order valence-electron chi connectivity index (χ2n) is 7.04. The maximum atomic E-state index is 13.1. The van der Waals surface area contributed by atoms with E-state index in [0.717, 1.165) is 0 Å². The van der Waals surface area contributed by atoms with Gasteiger partial charge in [0.15, 0.2) is 0 Å². The van der Waals surface area contributed by atoms with E-state index < -0.39 is 29.9 Å². The molecule has 1 aliphatic heterocycles. The molecule has 2 aliphatic rings. The molecule has 0 aromatic carbocycles. The largest absolute Gasteiger partial charge is 0.376 e. The Labute approximate surface area is 139 Å². The van der Waals surface area contributed by atoms with Gasteiger partial charge in [0.2, 0.25) is 11.8 Å². The molecule has 2 rings (SSSR count). The number of ether oxygens (including phenoxy) is 1. The lowest BCUT2D eigenvalue weighted by Crippen LogP contribution is -2.53. The maximum absolute atomic E-state index is 13.1. The van der Waals surface area contributed by atoms with Crippen LogP contribution in [-0.4, -0.2) is 54.5 Å². The van der Waals surface area contributed by atoms with Crippen LogP contribution in [0, 0.1) is 5.92 Å². The zero-order valence-corrected chi connectivity index (χ0v) is 13.9. The van der Waals surface area contributed by atoms with Crippen LogP contribution in [0.2, 0.25) is 0 Å². The number of carbonyl (C=O) groups excluding carboxylic acids is 1. The van der Waals surface area contributed by atoms with Crippen molar-refractivity contribution in [1.29, 1.82) is 0 Å². The van der Waals surface area contributed by atoms with E-state index >= 15 is 0 Å². The van der Waals surface area contributed by atoms with Crippen molar-refractivity contribution in [3.63, 3.8) is 0 Å². The highest BCUT2D eigenvalue weighted by molar-refractivity contribution is 5.82. The monoisotopic (exact) mass is 354 g/mol. The molecular formula is C16H26F4N2O2. The number of halogens is 4. The Morgan fingerprint density at radius 3 is 2.17 bits per heavy atom. The van der Waals surface area contributed by atoms with Crippen LogP contribution >= 0.6 is 0 Å². The Morgan fingerprint density at radius 2 is 1.62 bits per heavy atom. The lowest BCUT2D eigenvalue weighted by atomic mass is 9.87. The van der Waals surface area contributed by atoms with Gasteiger partial charge in [-0.2, -0.15) is 0 Å². The van der Waals surface area contributed by atoms with Gasteiger partial charge in [-0.25, -0.2) is 17.6 Å². The summed E-state index contributed by atoms with van der Waals surface area (Å²) in [6.45, 7) is 1.92. The number of piperidine rings is 1. The van der Waals surface area contributed by atoms with Crippen molar-refractivity contribution in [2.75, 3.05) is 19.7 Å². The van der Waals surface area contributed by atoms with Crippen molar-refractivity contribution in [2.45, 2.75) is 69.4 Å². The first kappa shape index (κ1) is 19.4. The summed E-state index contributed by atoms with van der Waals surface area (Å²) in [4.78, 5) is 13.6. The van der Waals surface area contributed by atoms with E-state index in [4.69, 9.17) is 10.5 Å². The number of carbonyl (C=O) groups is 1. The third kappa shape index (κ3) is 5.31. The third-order valence-electron chi connectivity index (χ3n) is 5.03. The zero-order valence-electron chi connectivity index (χ0n) is 13.9. The highest BCUT2D eigenvalue weighted by Gasteiger charge is 2.38. The number of amides is 1. The molecule has 1 aliphatic carbocycles. The summed E-state index contributed by atoms with van der Waals surface area (Å²) >= 11 is 0. The summed E-state index contributed by atoms with van der Waals surface area (Å²) in [5, 5.41) is 0. The molecule has 2 fully saturated rings. The van der Waals surface area contributed by atoms with Crippen LogP contribution in [0.15, 0.2) is 0 Å². The van der Waals surface area contributed by atoms with Crippen LogP contribution in [0.1, 0.15) is 45.4 Å². The number of nitrogens with two attached hydrogens (primary N) is 1. The number of hydrogen-bond acceptors (Lipinski definition) is 3. The molecule has 2 atom stereocenters. The number of nitrogens with zero attached hydrogens (tertiary/aromatic N) is 1. The van der Waals surface area contributed by atoms with Gasteiger partial charge in [-0.15, -0.1) is 0 Å². The standard InChI is InChI=1S/C16H26F4N2O2/c1-11(24-10-12-2-4-15(17,18)5-3-12)13(21)14(23)22-8-6-16(19,20)7-9-22/h11-13H,2-10,21H2,1H3/t11-,13+/m1/s1. The predicted octanol–water partition coefficient (Wildman–Crippen LogP) is 2.80. The molecule has 140 valence electrons. The first-order valence-corrected chi connectivity index (χ1v) is 8.51. The van der Waals surface area contributed by atoms with Gasteiger partial charge in [0.05, 0.1) is 6.10 Å². The molecular weight excluding hydrogens is 328 g/mol. The molecule has 8 heteroatoms. The second-order valence-corrected chi connectivity index (χ2v) is 7.04. The molecule has 2 N–H and O–H groups in total. The van der Waals surface area contributed by atoms with Gasteiger partial charge < -0.3 is 15.4 Å². The molecule has 1 saturated heterocycles. The first-order valence-electron chi connectivity index (χ1n) is 8.51. The molecule has 0 spiro atoms. The minimum Gasteiger partial charge on any atom is -0.376 e. The van der Waals surface area contributed by atoms with Crippen LogP contribution in [0.25, 0.3) is 0 Å². The van der Waals surface area contributed by atoms with E-state index in [1.54, 1.807) is 6.92 Å². The van der Waals surface area contributed by atoms with Gasteiger partial charge >= 0.3 is 0 Å². The Kier molecular flexibility index (Phi) is 6.12. The van der Waals surface area contributed by atoms with Gasteiger partial charge in [-0.1, -0.05) is 0 Å². The Balaban J connectivity index is 1.73.